The van der Waals surface area contributed by atoms with Gasteiger partial charge in [-0.3, -0.25) is 0 Å². The molecule has 112 valence electrons. The maximum absolute atomic E-state index is 5.18. The van der Waals surface area contributed by atoms with E-state index in [0.29, 0.717) is 11.9 Å². The van der Waals surface area contributed by atoms with Crippen LogP contribution in [0, 0.1) is 5.92 Å². The fourth-order valence-corrected chi connectivity index (χ4v) is 2.79. The first-order valence-corrected chi connectivity index (χ1v) is 7.69. The Morgan fingerprint density at radius 1 is 1.38 bits per heavy atom. The molecule has 1 aliphatic carbocycles. The van der Waals surface area contributed by atoms with Gasteiger partial charge in [0.15, 0.2) is 0 Å². The van der Waals surface area contributed by atoms with Crippen LogP contribution in [0.2, 0.25) is 0 Å². The van der Waals surface area contributed by atoms with Crippen molar-refractivity contribution >= 4 is 0 Å². The zero-order chi connectivity index (χ0) is 14.7. The summed E-state index contributed by atoms with van der Waals surface area (Å²) in [5, 5.41) is 3.61. The Kier molecular flexibility index (Phi) is 4.25. The molecular formula is C17H23N3O. The second-order valence-electron chi connectivity index (χ2n) is 5.66. The summed E-state index contributed by atoms with van der Waals surface area (Å²) in [4.78, 5) is 4.47. The van der Waals surface area contributed by atoms with Crippen LogP contribution in [0.1, 0.15) is 37.1 Å². The fourth-order valence-electron chi connectivity index (χ4n) is 2.79. The SMILES string of the molecule is CCNC(c1ccn(Cc2cccc(OC)n2)c1)C1CC1. The maximum Gasteiger partial charge on any atom is 0.213 e. The first-order valence-electron chi connectivity index (χ1n) is 7.69. The molecule has 3 rings (SSSR count). The van der Waals surface area contributed by atoms with Crippen LogP contribution in [0.15, 0.2) is 36.7 Å². The molecule has 2 heterocycles. The van der Waals surface area contributed by atoms with Crippen molar-refractivity contribution in [3.8, 4) is 5.88 Å². The van der Waals surface area contributed by atoms with Crippen molar-refractivity contribution < 1.29 is 4.74 Å². The zero-order valence-corrected chi connectivity index (χ0v) is 12.7. The van der Waals surface area contributed by atoms with Crippen LogP contribution in [0.5, 0.6) is 5.88 Å². The van der Waals surface area contributed by atoms with Crippen molar-refractivity contribution in [1.82, 2.24) is 14.9 Å². The van der Waals surface area contributed by atoms with Crippen LogP contribution in [0.25, 0.3) is 0 Å². The predicted molar refractivity (Wildman–Crippen MR) is 83.5 cm³/mol. The lowest BCUT2D eigenvalue weighted by Crippen LogP contribution is -2.22. The molecule has 0 amide bonds. The fraction of sp³-hybridized carbons (Fsp3) is 0.471. The molecule has 4 heteroatoms. The molecule has 1 N–H and O–H groups in total. The monoisotopic (exact) mass is 285 g/mol. The number of methoxy groups -OCH3 is 1. The van der Waals surface area contributed by atoms with Gasteiger partial charge in [-0.15, -0.1) is 0 Å². The molecule has 1 atom stereocenters. The second kappa shape index (κ2) is 6.31. The van der Waals surface area contributed by atoms with Gasteiger partial charge in [0.25, 0.3) is 0 Å². The standard InChI is InChI=1S/C17H23N3O/c1-3-18-17(13-7-8-13)14-9-10-20(11-14)12-15-5-4-6-16(19-15)21-2/h4-6,9-11,13,17-18H,3,7-8,12H2,1-2H3. The van der Waals surface area contributed by atoms with Crippen molar-refractivity contribution in [2.75, 3.05) is 13.7 Å². The molecule has 0 aliphatic heterocycles. The van der Waals surface area contributed by atoms with E-state index in [9.17, 15) is 0 Å². The van der Waals surface area contributed by atoms with E-state index in [-0.39, 0.29) is 0 Å². The van der Waals surface area contributed by atoms with Gasteiger partial charge in [-0.05, 0) is 43.0 Å². The minimum absolute atomic E-state index is 0.509. The first kappa shape index (κ1) is 14.1. The average molecular weight is 285 g/mol. The quantitative estimate of drug-likeness (QED) is 0.850. The van der Waals surface area contributed by atoms with Crippen LogP contribution >= 0.6 is 0 Å². The number of rotatable bonds is 7. The molecule has 1 aliphatic rings. The van der Waals surface area contributed by atoms with Crippen molar-refractivity contribution in [1.29, 1.82) is 0 Å². The van der Waals surface area contributed by atoms with Crippen LogP contribution in [-0.2, 0) is 6.54 Å². The highest BCUT2D eigenvalue weighted by Gasteiger charge is 2.31. The minimum atomic E-state index is 0.509. The van der Waals surface area contributed by atoms with Gasteiger partial charge in [0.2, 0.25) is 5.88 Å². The molecule has 0 bridgehead atoms. The highest BCUT2D eigenvalue weighted by Crippen LogP contribution is 2.41. The third kappa shape index (κ3) is 3.45. The van der Waals surface area contributed by atoms with Gasteiger partial charge in [-0.1, -0.05) is 13.0 Å². The molecule has 21 heavy (non-hydrogen) atoms. The van der Waals surface area contributed by atoms with E-state index in [1.54, 1.807) is 7.11 Å². The minimum Gasteiger partial charge on any atom is -0.481 e. The molecule has 1 fully saturated rings. The normalized spacial score (nSPS) is 15.9. The maximum atomic E-state index is 5.18. The average Bonchev–Trinajstić information content (AvgIpc) is 3.25. The topological polar surface area (TPSA) is 39.1 Å². The molecule has 1 saturated carbocycles. The van der Waals surface area contributed by atoms with E-state index in [0.717, 1.165) is 24.7 Å². The summed E-state index contributed by atoms with van der Waals surface area (Å²) >= 11 is 0. The van der Waals surface area contributed by atoms with E-state index in [2.05, 4.69) is 40.3 Å². The number of nitrogens with zero attached hydrogens (tertiary/aromatic N) is 2. The molecule has 1 unspecified atom stereocenters. The van der Waals surface area contributed by atoms with E-state index < -0.39 is 0 Å². The summed E-state index contributed by atoms with van der Waals surface area (Å²) in [7, 11) is 1.65. The lowest BCUT2D eigenvalue weighted by atomic mass is 10.1. The molecule has 0 spiro atoms. The molecule has 4 nitrogen and oxygen atoms in total. The van der Waals surface area contributed by atoms with Crippen molar-refractivity contribution in [3.05, 3.63) is 47.9 Å². The highest BCUT2D eigenvalue weighted by molar-refractivity contribution is 5.20. The summed E-state index contributed by atoms with van der Waals surface area (Å²) in [6, 6.07) is 8.63. The summed E-state index contributed by atoms with van der Waals surface area (Å²) < 4.78 is 7.38. The largest absolute Gasteiger partial charge is 0.481 e. The van der Waals surface area contributed by atoms with Gasteiger partial charge in [-0.2, -0.15) is 0 Å². The summed E-state index contributed by atoms with van der Waals surface area (Å²) in [6.07, 6.45) is 7.08. The van der Waals surface area contributed by atoms with Gasteiger partial charge >= 0.3 is 0 Å². The number of aromatic nitrogens is 2. The van der Waals surface area contributed by atoms with Gasteiger partial charge < -0.3 is 14.6 Å². The number of hydrogen-bond donors (Lipinski definition) is 1. The van der Waals surface area contributed by atoms with E-state index in [1.165, 1.54) is 18.4 Å². The van der Waals surface area contributed by atoms with Crippen LogP contribution in [0.4, 0.5) is 0 Å². The number of pyridine rings is 1. The van der Waals surface area contributed by atoms with Crippen LogP contribution in [-0.4, -0.2) is 23.2 Å². The third-order valence-electron chi connectivity index (χ3n) is 3.98. The second-order valence-corrected chi connectivity index (χ2v) is 5.66. The number of nitrogens with one attached hydrogen (secondary N) is 1. The Morgan fingerprint density at radius 3 is 2.95 bits per heavy atom. The van der Waals surface area contributed by atoms with E-state index in [4.69, 9.17) is 4.74 Å². The first-order chi connectivity index (χ1) is 10.3. The summed E-state index contributed by atoms with van der Waals surface area (Å²) in [5.74, 6) is 1.49. The Bertz CT molecular complexity index is 589. The summed E-state index contributed by atoms with van der Waals surface area (Å²) in [5.41, 5.74) is 2.41. The van der Waals surface area contributed by atoms with Crippen molar-refractivity contribution in [3.63, 3.8) is 0 Å². The van der Waals surface area contributed by atoms with Crippen LogP contribution in [0.3, 0.4) is 0 Å². The zero-order valence-electron chi connectivity index (χ0n) is 12.7. The molecular weight excluding hydrogens is 262 g/mol. The van der Waals surface area contributed by atoms with Gasteiger partial charge in [0.1, 0.15) is 0 Å². The van der Waals surface area contributed by atoms with Crippen molar-refractivity contribution in [2.24, 2.45) is 5.92 Å². The Hall–Kier alpha value is -1.81. The molecule has 2 aromatic heterocycles. The third-order valence-corrected chi connectivity index (χ3v) is 3.98. The number of ether oxygens (including phenoxy) is 1. The predicted octanol–water partition coefficient (Wildman–Crippen LogP) is 3.00. The number of hydrogen-bond acceptors (Lipinski definition) is 3. The van der Waals surface area contributed by atoms with Crippen molar-refractivity contribution in [2.45, 2.75) is 32.4 Å². The molecule has 0 radical (unpaired) electrons. The highest BCUT2D eigenvalue weighted by atomic mass is 16.5. The smallest absolute Gasteiger partial charge is 0.213 e. The van der Waals surface area contributed by atoms with Crippen LogP contribution < -0.4 is 10.1 Å². The van der Waals surface area contributed by atoms with Gasteiger partial charge in [0, 0.05) is 24.5 Å². The van der Waals surface area contributed by atoms with Gasteiger partial charge in [-0.25, -0.2) is 4.98 Å². The van der Waals surface area contributed by atoms with E-state index >= 15 is 0 Å². The van der Waals surface area contributed by atoms with E-state index in [1.807, 2.05) is 18.2 Å². The summed E-state index contributed by atoms with van der Waals surface area (Å²) in [6.45, 7) is 3.97. The molecule has 0 saturated heterocycles. The molecule has 2 aromatic rings. The lowest BCUT2D eigenvalue weighted by Gasteiger charge is -2.15. The Balaban J connectivity index is 1.71. The Labute approximate surface area is 126 Å². The van der Waals surface area contributed by atoms with Gasteiger partial charge in [0.05, 0.1) is 19.3 Å². The lowest BCUT2D eigenvalue weighted by molar-refractivity contribution is 0.396. The Morgan fingerprint density at radius 2 is 2.24 bits per heavy atom. The molecule has 0 aromatic carbocycles.